The highest BCUT2D eigenvalue weighted by atomic mass is 31.2. The molecule has 22 heteroatoms. The molecule has 5 nitrogen and oxygen atoms in total. The maximum Gasteiger partial charge on any atom is 0.466 e. The Balaban J connectivity index is 0. The smallest absolute Gasteiger partial charge is 0.466 e. The number of hydrogen-bond acceptors (Lipinski definition) is 1. The summed E-state index contributed by atoms with van der Waals surface area (Å²) >= 11 is 0. The van der Waals surface area contributed by atoms with Gasteiger partial charge in [-0.25, -0.2) is 22.1 Å². The summed E-state index contributed by atoms with van der Waals surface area (Å²) in [6.07, 6.45) is -17.8. The van der Waals surface area contributed by atoms with Crippen molar-refractivity contribution in [3.05, 3.63) is 5.32 Å². The first-order chi connectivity index (χ1) is 16.2. The first-order valence-electron chi connectivity index (χ1n) is 9.55. The Morgan fingerprint density at radius 1 is 0.658 bits per heavy atom. The van der Waals surface area contributed by atoms with Gasteiger partial charge < -0.3 is 20.0 Å². The van der Waals surface area contributed by atoms with Gasteiger partial charge in [-0.1, -0.05) is 27.2 Å². The molecule has 0 aromatic rings. The topological polar surface area (TPSA) is 91.9 Å². The highest BCUT2D eigenvalue weighted by Gasteiger charge is 2.76. The molecule has 0 spiro atoms. The summed E-state index contributed by atoms with van der Waals surface area (Å²) in [6, 6.07) is -1.26. The molecule has 0 aliphatic carbocycles. The van der Waals surface area contributed by atoms with E-state index >= 15 is 0 Å². The van der Waals surface area contributed by atoms with Gasteiger partial charge in [0.25, 0.3) is 0 Å². The Morgan fingerprint density at radius 3 is 1.21 bits per heavy atom. The van der Waals surface area contributed by atoms with Crippen molar-refractivity contribution in [3.8, 4) is 0 Å². The summed E-state index contributed by atoms with van der Waals surface area (Å²) in [5.41, 5.74) is -3.07. The summed E-state index contributed by atoms with van der Waals surface area (Å²) in [5, 5.41) is 3.26. The molecular weight excluding hydrogens is 605 g/mol. The number of nitrogens with zero attached hydrogens (tertiary/aromatic N) is 1. The van der Waals surface area contributed by atoms with Gasteiger partial charge in [0, 0.05) is 12.8 Å². The molecule has 0 radical (unpaired) electrons. The van der Waals surface area contributed by atoms with Gasteiger partial charge in [-0.15, -0.1) is 11.6 Å². The van der Waals surface area contributed by atoms with E-state index in [1.54, 1.807) is 0 Å². The maximum atomic E-state index is 14.0. The molecule has 232 valence electrons. The number of rotatable bonds is 13. The van der Waals surface area contributed by atoms with Crippen molar-refractivity contribution in [1.82, 2.24) is 0 Å². The van der Waals surface area contributed by atoms with E-state index in [2.05, 4.69) is 5.32 Å². The van der Waals surface area contributed by atoms with Gasteiger partial charge in [-0.3, -0.25) is 0 Å². The van der Waals surface area contributed by atoms with E-state index in [9.17, 15) is 70.2 Å². The summed E-state index contributed by atoms with van der Waals surface area (Å²) in [6.45, 7) is 2.29. The average Bonchev–Trinajstić information content (AvgIpc) is 2.63. The second-order valence-corrected chi connectivity index (χ2v) is 9.34. The summed E-state index contributed by atoms with van der Waals surface area (Å²) in [4.78, 5) is 21.6. The van der Waals surface area contributed by atoms with Crippen LogP contribution >= 0.6 is 7.82 Å². The molecule has 0 saturated carbocycles. The van der Waals surface area contributed by atoms with Gasteiger partial charge in [0.05, 0.1) is 0 Å². The number of halogens is 16. The van der Waals surface area contributed by atoms with Crippen molar-refractivity contribution in [2.45, 2.75) is 100 Å². The van der Waals surface area contributed by atoms with Gasteiger partial charge in [-0.05, 0) is 0 Å². The monoisotopic (exact) mass is 626 g/mol. The van der Waals surface area contributed by atoms with Crippen LogP contribution in [0.25, 0.3) is 5.32 Å². The molecule has 0 heterocycles. The largest absolute Gasteiger partial charge is 0.654 e. The third-order valence-electron chi connectivity index (χ3n) is 4.45. The Morgan fingerprint density at radius 2 is 0.947 bits per heavy atom. The van der Waals surface area contributed by atoms with Crippen LogP contribution in [0.5, 0.6) is 0 Å². The number of alkyl halides is 16. The summed E-state index contributed by atoms with van der Waals surface area (Å²) in [7, 11) is -4.64. The van der Waals surface area contributed by atoms with Crippen LogP contribution in [0.2, 0.25) is 0 Å². The fourth-order valence-corrected chi connectivity index (χ4v) is 2.76. The van der Waals surface area contributed by atoms with Crippen LogP contribution in [0.3, 0.4) is 0 Å². The van der Waals surface area contributed by atoms with Crippen LogP contribution in [0, 0.1) is 0 Å². The van der Waals surface area contributed by atoms with Crippen molar-refractivity contribution in [1.29, 1.82) is 0 Å². The van der Waals surface area contributed by atoms with E-state index in [1.165, 1.54) is 0 Å². The zero-order valence-corrected chi connectivity index (χ0v) is 19.9. The lowest BCUT2D eigenvalue weighted by Gasteiger charge is -2.50. The highest BCUT2D eigenvalue weighted by Crippen LogP contribution is 2.55. The number of phosphoric acid groups is 1. The Kier molecular flexibility index (Phi) is 12.6. The van der Waals surface area contributed by atoms with Crippen molar-refractivity contribution in [2.24, 2.45) is 0 Å². The van der Waals surface area contributed by atoms with Crippen molar-refractivity contribution in [3.63, 3.8) is 0 Å². The second-order valence-electron chi connectivity index (χ2n) is 8.31. The molecule has 0 amide bonds. The summed E-state index contributed by atoms with van der Waals surface area (Å²) < 4.78 is 219. The molecular formula is C16H21F16NO4P-. The minimum Gasteiger partial charge on any atom is -0.654 e. The molecule has 0 rings (SSSR count). The Bertz CT molecular complexity index is 796. The van der Waals surface area contributed by atoms with Crippen LogP contribution in [-0.2, 0) is 4.57 Å². The molecule has 1 unspecified atom stereocenters. The fraction of sp³-hybridized carbons (Fsp3) is 1.00. The SMILES string of the molecule is CC(C)[N-]C(C)(CCC(F)(F)C(F)(F)C(F)(F)C(F)F)CC(F)(F)C(F)(F)C(F)(F)C(F)F.O=P(O)(O)O. The van der Waals surface area contributed by atoms with Gasteiger partial charge in [0.15, 0.2) is 0 Å². The van der Waals surface area contributed by atoms with Gasteiger partial charge >= 0.3 is 56.2 Å². The zero-order chi connectivity index (χ0) is 31.6. The molecule has 1 atom stereocenters. The zero-order valence-electron chi connectivity index (χ0n) is 19.0. The fourth-order valence-electron chi connectivity index (χ4n) is 2.76. The van der Waals surface area contributed by atoms with E-state index in [-0.39, 0.29) is 6.92 Å². The van der Waals surface area contributed by atoms with Crippen LogP contribution in [0.1, 0.15) is 40.0 Å². The lowest BCUT2D eigenvalue weighted by molar-refractivity contribution is -0.344. The van der Waals surface area contributed by atoms with Crippen LogP contribution < -0.4 is 0 Å². The molecule has 38 heavy (non-hydrogen) atoms. The highest BCUT2D eigenvalue weighted by molar-refractivity contribution is 7.45. The summed E-state index contributed by atoms with van der Waals surface area (Å²) in [5.74, 6) is -38.9. The Hall–Kier alpha value is -1.05. The van der Waals surface area contributed by atoms with Crippen molar-refractivity contribution < 1.29 is 89.5 Å². The molecule has 3 N–H and O–H groups in total. The van der Waals surface area contributed by atoms with Crippen LogP contribution in [-0.4, -0.2) is 74.6 Å². The van der Waals surface area contributed by atoms with E-state index in [0.717, 1.165) is 13.8 Å². The Labute approximate surface area is 203 Å². The molecule has 0 aromatic carbocycles. The van der Waals surface area contributed by atoms with E-state index in [0.29, 0.717) is 0 Å². The van der Waals surface area contributed by atoms with Gasteiger partial charge in [0.2, 0.25) is 0 Å². The van der Waals surface area contributed by atoms with Gasteiger partial charge in [-0.2, -0.15) is 52.7 Å². The molecule has 0 bridgehead atoms. The van der Waals surface area contributed by atoms with Crippen LogP contribution in [0.15, 0.2) is 0 Å². The van der Waals surface area contributed by atoms with Crippen LogP contribution in [0.4, 0.5) is 70.2 Å². The van der Waals surface area contributed by atoms with E-state index in [4.69, 9.17) is 19.2 Å². The normalized spacial score (nSPS) is 16.6. The predicted molar refractivity (Wildman–Crippen MR) is 96.7 cm³/mol. The second kappa shape index (κ2) is 12.2. The minimum atomic E-state index is -6.78. The quantitative estimate of drug-likeness (QED) is 0.150. The van der Waals surface area contributed by atoms with E-state index in [1.807, 2.05) is 0 Å². The third-order valence-corrected chi connectivity index (χ3v) is 4.45. The first-order valence-corrected chi connectivity index (χ1v) is 11.1. The molecule has 0 aromatic heterocycles. The maximum absolute atomic E-state index is 14.0. The number of hydrogen-bond donors (Lipinski definition) is 3. The molecule has 0 fully saturated rings. The van der Waals surface area contributed by atoms with Crippen molar-refractivity contribution in [2.75, 3.05) is 0 Å². The van der Waals surface area contributed by atoms with Crippen molar-refractivity contribution >= 4 is 7.82 Å². The predicted octanol–water partition coefficient (Wildman–Crippen LogP) is 7.11. The van der Waals surface area contributed by atoms with Gasteiger partial charge in [0.1, 0.15) is 0 Å². The average molecular weight is 626 g/mol. The lowest BCUT2D eigenvalue weighted by atomic mass is 9.83. The first kappa shape index (κ1) is 39.1. The molecule has 0 aliphatic rings. The third kappa shape index (κ3) is 9.55. The minimum absolute atomic E-state index is 0.289. The molecule has 0 saturated heterocycles. The standard InChI is InChI=1S/C16H18F16N.H3O4P/c1-7(2)33-10(3,6-12(23,24)16(31,32)14(27,28)9(19)20)4-5-11(21,22)15(29,30)13(25,26)8(17)18;1-5(2,3)4/h7-9H,4-6H2,1-3H3;(H3,1,2,3,4)/q-1;. The lowest BCUT2D eigenvalue weighted by Crippen LogP contribution is -2.60. The molecule has 0 aliphatic heterocycles. The van der Waals surface area contributed by atoms with E-state index < -0.39 is 87.1 Å².